The first-order valence-corrected chi connectivity index (χ1v) is 7.81. The van der Waals surface area contributed by atoms with Gasteiger partial charge in [0.05, 0.1) is 0 Å². The van der Waals surface area contributed by atoms with Crippen molar-refractivity contribution in [2.24, 2.45) is 0 Å². The predicted octanol–water partition coefficient (Wildman–Crippen LogP) is 0.630. The van der Waals surface area contributed by atoms with E-state index in [0.717, 1.165) is 12.8 Å². The lowest BCUT2D eigenvalue weighted by atomic mass is 10.0. The Balaban J connectivity index is 1.51. The molecule has 0 radical (unpaired) electrons. The van der Waals surface area contributed by atoms with E-state index in [2.05, 4.69) is 10.3 Å². The van der Waals surface area contributed by atoms with Gasteiger partial charge in [-0.15, -0.1) is 0 Å². The van der Waals surface area contributed by atoms with E-state index < -0.39 is 5.91 Å². The fourth-order valence-corrected chi connectivity index (χ4v) is 3.45. The predicted molar refractivity (Wildman–Crippen MR) is 80.7 cm³/mol. The number of fused-ring (bicyclic) bond motifs is 2. The molecular formula is C16H19N3O4. The van der Waals surface area contributed by atoms with E-state index in [9.17, 15) is 19.5 Å². The van der Waals surface area contributed by atoms with Crippen molar-refractivity contribution in [3.8, 4) is 5.75 Å². The topological polar surface area (TPSA) is 99.6 Å². The molecule has 7 nitrogen and oxygen atoms in total. The number of aromatic hydroxyl groups is 1. The van der Waals surface area contributed by atoms with Crippen LogP contribution in [-0.2, 0) is 9.59 Å². The molecule has 2 aliphatic rings. The number of Topliss-reactive ketones (excluding diaryl/α,β-unsaturated/α-hetero) is 1. The van der Waals surface area contributed by atoms with Gasteiger partial charge in [0.25, 0.3) is 5.91 Å². The molecule has 2 unspecified atom stereocenters. The van der Waals surface area contributed by atoms with Gasteiger partial charge in [-0.05, 0) is 25.0 Å². The number of hydrogen-bond acceptors (Lipinski definition) is 5. The SMILES string of the molecule is O=C1CC2CCC(C1)N2C(=O)CCNC(=O)c1ncccc1O. The quantitative estimate of drug-likeness (QED) is 0.848. The first-order valence-electron chi connectivity index (χ1n) is 7.81. The Kier molecular flexibility index (Phi) is 4.27. The third-order valence-corrected chi connectivity index (χ3v) is 4.46. The van der Waals surface area contributed by atoms with Crippen molar-refractivity contribution in [1.29, 1.82) is 0 Å². The maximum Gasteiger partial charge on any atom is 0.273 e. The first-order chi connectivity index (χ1) is 11.1. The highest BCUT2D eigenvalue weighted by Gasteiger charge is 2.42. The number of carbonyl (C=O) groups is 3. The number of carbonyl (C=O) groups excluding carboxylic acids is 3. The Morgan fingerprint density at radius 2 is 2.00 bits per heavy atom. The molecular weight excluding hydrogens is 298 g/mol. The summed E-state index contributed by atoms with van der Waals surface area (Å²) in [4.78, 5) is 41.5. The van der Waals surface area contributed by atoms with Gasteiger partial charge in [0.1, 0.15) is 11.5 Å². The van der Waals surface area contributed by atoms with E-state index in [1.807, 2.05) is 4.90 Å². The zero-order valence-electron chi connectivity index (χ0n) is 12.7. The average molecular weight is 317 g/mol. The van der Waals surface area contributed by atoms with Gasteiger partial charge in [-0.25, -0.2) is 4.98 Å². The molecule has 2 atom stereocenters. The Bertz CT molecular complexity index is 630. The molecule has 2 fully saturated rings. The van der Waals surface area contributed by atoms with Crippen molar-refractivity contribution in [3.05, 3.63) is 24.0 Å². The Hall–Kier alpha value is -2.44. The molecule has 2 saturated heterocycles. The summed E-state index contributed by atoms with van der Waals surface area (Å²) in [6.07, 6.45) is 4.28. The van der Waals surface area contributed by atoms with Crippen LogP contribution in [0.1, 0.15) is 42.6 Å². The number of nitrogens with one attached hydrogen (secondary N) is 1. The van der Waals surface area contributed by atoms with E-state index in [1.165, 1.54) is 18.3 Å². The van der Waals surface area contributed by atoms with Crippen molar-refractivity contribution < 1.29 is 19.5 Å². The molecule has 0 saturated carbocycles. The number of pyridine rings is 1. The second-order valence-electron chi connectivity index (χ2n) is 6.01. The maximum absolute atomic E-state index is 12.3. The molecule has 0 aliphatic carbocycles. The standard InChI is InChI=1S/C16H19N3O4/c20-12-8-10-3-4-11(9-12)19(10)14(22)5-7-18-16(23)15-13(21)2-1-6-17-15/h1-2,6,10-11,21H,3-5,7-9H2,(H,18,23). The summed E-state index contributed by atoms with van der Waals surface area (Å²) in [7, 11) is 0. The molecule has 0 spiro atoms. The van der Waals surface area contributed by atoms with Gasteiger partial charge in [-0.2, -0.15) is 0 Å². The number of hydrogen-bond donors (Lipinski definition) is 2. The summed E-state index contributed by atoms with van der Waals surface area (Å²) in [6.45, 7) is 0.178. The van der Waals surface area contributed by atoms with Crippen LogP contribution >= 0.6 is 0 Å². The molecule has 2 N–H and O–H groups in total. The number of amides is 2. The Morgan fingerprint density at radius 3 is 2.65 bits per heavy atom. The minimum Gasteiger partial charge on any atom is -0.505 e. The first kappa shape index (κ1) is 15.5. The number of piperidine rings is 1. The third kappa shape index (κ3) is 3.18. The van der Waals surface area contributed by atoms with Crippen molar-refractivity contribution in [2.45, 2.75) is 44.2 Å². The molecule has 2 aliphatic heterocycles. The Morgan fingerprint density at radius 1 is 1.30 bits per heavy atom. The van der Waals surface area contributed by atoms with Crippen LogP contribution in [0, 0.1) is 0 Å². The van der Waals surface area contributed by atoms with Gasteiger partial charge in [0, 0.05) is 44.1 Å². The van der Waals surface area contributed by atoms with Crippen molar-refractivity contribution >= 4 is 17.6 Å². The van der Waals surface area contributed by atoms with Crippen LogP contribution in [0.2, 0.25) is 0 Å². The molecule has 1 aromatic heterocycles. The van der Waals surface area contributed by atoms with Gasteiger partial charge in [-0.1, -0.05) is 0 Å². The largest absolute Gasteiger partial charge is 0.505 e. The van der Waals surface area contributed by atoms with Crippen LogP contribution in [0.4, 0.5) is 0 Å². The number of ketones is 1. The molecule has 3 rings (SSSR count). The van der Waals surface area contributed by atoms with Crippen LogP contribution in [0.25, 0.3) is 0 Å². The van der Waals surface area contributed by atoms with Crippen LogP contribution in [-0.4, -0.2) is 51.2 Å². The summed E-state index contributed by atoms with van der Waals surface area (Å²) < 4.78 is 0. The lowest BCUT2D eigenvalue weighted by molar-refractivity contribution is -0.138. The minimum absolute atomic E-state index is 0.0317. The monoisotopic (exact) mass is 317 g/mol. The van der Waals surface area contributed by atoms with Crippen LogP contribution in [0.3, 0.4) is 0 Å². The fourth-order valence-electron chi connectivity index (χ4n) is 3.45. The van der Waals surface area contributed by atoms with E-state index >= 15 is 0 Å². The number of aromatic nitrogens is 1. The van der Waals surface area contributed by atoms with Crippen molar-refractivity contribution in [1.82, 2.24) is 15.2 Å². The van der Waals surface area contributed by atoms with Gasteiger partial charge in [0.2, 0.25) is 5.91 Å². The summed E-state index contributed by atoms with van der Waals surface area (Å²) in [6, 6.07) is 2.98. The van der Waals surface area contributed by atoms with Gasteiger partial charge in [-0.3, -0.25) is 14.4 Å². The van der Waals surface area contributed by atoms with Gasteiger partial charge in [0.15, 0.2) is 5.69 Å². The Labute approximate surface area is 133 Å². The van der Waals surface area contributed by atoms with Crippen LogP contribution in [0.5, 0.6) is 5.75 Å². The molecule has 1 aromatic rings. The molecule has 2 amide bonds. The second-order valence-corrected chi connectivity index (χ2v) is 6.01. The summed E-state index contributed by atoms with van der Waals surface area (Å²) >= 11 is 0. The third-order valence-electron chi connectivity index (χ3n) is 4.46. The lowest BCUT2D eigenvalue weighted by Gasteiger charge is -2.34. The van der Waals surface area contributed by atoms with Crippen molar-refractivity contribution in [2.75, 3.05) is 6.54 Å². The van der Waals surface area contributed by atoms with E-state index in [-0.39, 0.29) is 48.2 Å². The second kappa shape index (κ2) is 6.36. The lowest BCUT2D eigenvalue weighted by Crippen LogP contribution is -2.47. The van der Waals surface area contributed by atoms with Gasteiger partial charge < -0.3 is 15.3 Å². The van der Waals surface area contributed by atoms with Crippen molar-refractivity contribution in [3.63, 3.8) is 0 Å². The molecule has 23 heavy (non-hydrogen) atoms. The minimum atomic E-state index is -0.507. The van der Waals surface area contributed by atoms with E-state index in [1.54, 1.807) is 0 Å². The normalized spacial score (nSPS) is 23.0. The zero-order valence-corrected chi connectivity index (χ0v) is 12.7. The maximum atomic E-state index is 12.3. The summed E-state index contributed by atoms with van der Waals surface area (Å²) in [5, 5.41) is 12.2. The highest BCUT2D eigenvalue weighted by Crippen LogP contribution is 2.34. The number of rotatable bonds is 4. The molecule has 122 valence electrons. The molecule has 2 bridgehead atoms. The highest BCUT2D eigenvalue weighted by molar-refractivity contribution is 5.95. The molecule has 3 heterocycles. The summed E-state index contributed by atoms with van der Waals surface area (Å²) in [5.74, 6) is -0.493. The zero-order chi connectivity index (χ0) is 16.4. The summed E-state index contributed by atoms with van der Waals surface area (Å²) in [5.41, 5.74) is -0.0522. The smallest absolute Gasteiger partial charge is 0.273 e. The molecule has 7 heteroatoms. The molecule has 0 aromatic carbocycles. The number of nitrogens with zero attached hydrogens (tertiary/aromatic N) is 2. The highest BCUT2D eigenvalue weighted by atomic mass is 16.3. The van der Waals surface area contributed by atoms with Crippen LogP contribution in [0.15, 0.2) is 18.3 Å². The fraction of sp³-hybridized carbons (Fsp3) is 0.500. The van der Waals surface area contributed by atoms with Gasteiger partial charge >= 0.3 is 0 Å². The average Bonchev–Trinajstić information content (AvgIpc) is 2.79. The van der Waals surface area contributed by atoms with E-state index in [4.69, 9.17) is 0 Å². The van der Waals surface area contributed by atoms with E-state index in [0.29, 0.717) is 12.8 Å². The van der Waals surface area contributed by atoms with Crippen LogP contribution < -0.4 is 5.32 Å².